The van der Waals surface area contributed by atoms with Crippen molar-refractivity contribution in [3.05, 3.63) is 43.1 Å². The minimum atomic E-state index is -0.319. The topological polar surface area (TPSA) is 54.0 Å². The molecule has 3 nitrogen and oxygen atoms in total. The van der Waals surface area contributed by atoms with E-state index < -0.39 is 0 Å². The van der Waals surface area contributed by atoms with Gasteiger partial charge in [0, 0.05) is 4.47 Å². The first-order valence-corrected chi connectivity index (χ1v) is 5.52. The highest BCUT2D eigenvalue weighted by atomic mass is 79.9. The van der Waals surface area contributed by atoms with E-state index >= 15 is 0 Å². The molecular formula is C10H3Br2NO2. The van der Waals surface area contributed by atoms with Gasteiger partial charge in [-0.15, -0.1) is 0 Å². The third-order valence-corrected chi connectivity index (χ3v) is 2.96. The zero-order valence-electron chi connectivity index (χ0n) is 7.25. The Labute approximate surface area is 102 Å². The number of hydrogen-bond acceptors (Lipinski definition) is 3. The molecule has 0 aliphatic rings. The van der Waals surface area contributed by atoms with Crippen LogP contribution in [0, 0.1) is 11.3 Å². The normalized spacial score (nSPS) is 10.2. The van der Waals surface area contributed by atoms with Crippen LogP contribution in [-0.4, -0.2) is 0 Å². The van der Waals surface area contributed by atoms with Crippen molar-refractivity contribution in [2.75, 3.05) is 0 Å². The number of benzene rings is 1. The summed E-state index contributed by atoms with van der Waals surface area (Å²) in [4.78, 5) is 11.7. The zero-order valence-corrected chi connectivity index (χ0v) is 10.4. The fourth-order valence-corrected chi connectivity index (χ4v) is 2.56. The molecule has 0 amide bonds. The van der Waals surface area contributed by atoms with Crippen molar-refractivity contribution in [2.45, 2.75) is 0 Å². The lowest BCUT2D eigenvalue weighted by Gasteiger charge is -2.00. The molecule has 0 radical (unpaired) electrons. The lowest BCUT2D eigenvalue weighted by molar-refractivity contribution is 0.598. The third kappa shape index (κ3) is 1.71. The van der Waals surface area contributed by atoms with Gasteiger partial charge < -0.3 is 4.42 Å². The first kappa shape index (κ1) is 10.4. The maximum Gasteiger partial charge on any atom is 0.210 e. The molecule has 0 N–H and O–H groups in total. The van der Waals surface area contributed by atoms with Gasteiger partial charge in [-0.25, -0.2) is 0 Å². The average molecular weight is 329 g/mol. The molecule has 0 spiro atoms. The molecule has 0 aliphatic carbocycles. The summed E-state index contributed by atoms with van der Waals surface area (Å²) >= 11 is 6.55. The van der Waals surface area contributed by atoms with Crippen LogP contribution in [0.4, 0.5) is 0 Å². The van der Waals surface area contributed by atoms with Gasteiger partial charge in [0.2, 0.25) is 5.43 Å². The predicted octanol–water partition coefficient (Wildman–Crippen LogP) is 3.19. The largest absolute Gasteiger partial charge is 0.461 e. The van der Waals surface area contributed by atoms with Gasteiger partial charge in [-0.3, -0.25) is 4.79 Å². The van der Waals surface area contributed by atoms with Crippen molar-refractivity contribution < 1.29 is 4.42 Å². The van der Waals surface area contributed by atoms with Gasteiger partial charge >= 0.3 is 0 Å². The highest BCUT2D eigenvalue weighted by Crippen LogP contribution is 2.26. The minimum absolute atomic E-state index is 0.00694. The monoisotopic (exact) mass is 327 g/mol. The molecule has 2 aromatic rings. The summed E-state index contributed by atoms with van der Waals surface area (Å²) in [6, 6.07) is 5.20. The number of nitrogens with zero attached hydrogens (tertiary/aromatic N) is 1. The van der Waals surface area contributed by atoms with E-state index in [2.05, 4.69) is 31.9 Å². The zero-order chi connectivity index (χ0) is 11.0. The fraction of sp³-hybridized carbons (Fsp3) is 0. The summed E-state index contributed by atoms with van der Waals surface area (Å²) < 4.78 is 6.64. The Morgan fingerprint density at radius 1 is 1.33 bits per heavy atom. The van der Waals surface area contributed by atoms with E-state index in [0.717, 1.165) is 4.47 Å². The van der Waals surface area contributed by atoms with E-state index in [-0.39, 0.29) is 11.0 Å². The van der Waals surface area contributed by atoms with Gasteiger partial charge in [0.15, 0.2) is 5.58 Å². The molecule has 0 unspecified atom stereocenters. The van der Waals surface area contributed by atoms with Crippen LogP contribution in [0.1, 0.15) is 5.56 Å². The summed E-state index contributed by atoms with van der Waals surface area (Å²) in [6.07, 6.45) is 1.17. The third-order valence-electron chi connectivity index (χ3n) is 1.91. The Balaban J connectivity index is 3.01. The summed E-state index contributed by atoms with van der Waals surface area (Å²) in [6.45, 7) is 0. The minimum Gasteiger partial charge on any atom is -0.461 e. The number of fused-ring (bicyclic) bond motifs is 1. The van der Waals surface area contributed by atoms with Crippen LogP contribution in [0.25, 0.3) is 11.0 Å². The van der Waals surface area contributed by atoms with Gasteiger partial charge in [0.05, 0.1) is 9.86 Å². The Bertz CT molecular complexity index is 640. The number of nitriles is 1. The average Bonchev–Trinajstić information content (AvgIpc) is 2.19. The molecule has 1 aromatic carbocycles. The van der Waals surface area contributed by atoms with Crippen molar-refractivity contribution in [2.24, 2.45) is 0 Å². The lowest BCUT2D eigenvalue weighted by atomic mass is 10.2. The molecule has 0 saturated heterocycles. The second kappa shape index (κ2) is 3.80. The molecule has 2 rings (SSSR count). The molecular weight excluding hydrogens is 326 g/mol. The second-order valence-corrected chi connectivity index (χ2v) is 4.62. The Morgan fingerprint density at radius 3 is 2.73 bits per heavy atom. The highest BCUT2D eigenvalue weighted by molar-refractivity contribution is 9.11. The smallest absolute Gasteiger partial charge is 0.210 e. The number of halogens is 2. The molecule has 0 atom stereocenters. The molecule has 0 saturated carbocycles. The molecule has 5 heteroatoms. The van der Waals surface area contributed by atoms with Crippen LogP contribution < -0.4 is 5.43 Å². The lowest BCUT2D eigenvalue weighted by Crippen LogP contribution is -2.05. The molecule has 1 aromatic heterocycles. The molecule has 0 fully saturated rings. The first-order chi connectivity index (χ1) is 7.13. The number of rotatable bonds is 0. The van der Waals surface area contributed by atoms with Gasteiger partial charge in [-0.05, 0) is 28.1 Å². The van der Waals surface area contributed by atoms with Gasteiger partial charge in [-0.1, -0.05) is 15.9 Å². The fourth-order valence-electron chi connectivity index (χ4n) is 1.24. The Hall–Kier alpha value is -1.12. The SMILES string of the molecule is N#Cc1coc2c(Br)cc(Br)cc2c1=O. The van der Waals surface area contributed by atoms with E-state index in [0.29, 0.717) is 15.4 Å². The first-order valence-electron chi connectivity index (χ1n) is 3.94. The standard InChI is InChI=1S/C10H3Br2NO2/c11-6-1-7-9(14)5(3-13)4-15-10(7)8(12)2-6/h1-2,4H. The maximum atomic E-state index is 11.7. The van der Waals surface area contributed by atoms with Crippen LogP contribution in [0.5, 0.6) is 0 Å². The van der Waals surface area contributed by atoms with Crippen molar-refractivity contribution in [1.82, 2.24) is 0 Å². The van der Waals surface area contributed by atoms with Crippen molar-refractivity contribution in [3.63, 3.8) is 0 Å². The molecule has 0 aliphatic heterocycles. The second-order valence-electron chi connectivity index (χ2n) is 2.85. The predicted molar refractivity (Wildman–Crippen MR) is 62.6 cm³/mol. The Morgan fingerprint density at radius 2 is 2.07 bits per heavy atom. The summed E-state index contributed by atoms with van der Waals surface area (Å²) in [5.41, 5.74) is 0.135. The molecule has 0 bridgehead atoms. The summed E-state index contributed by atoms with van der Waals surface area (Å²) in [5, 5.41) is 9.07. The van der Waals surface area contributed by atoms with Crippen molar-refractivity contribution in [1.29, 1.82) is 5.26 Å². The van der Waals surface area contributed by atoms with E-state index in [1.165, 1.54) is 6.26 Å². The van der Waals surface area contributed by atoms with Crippen LogP contribution >= 0.6 is 31.9 Å². The molecule has 1 heterocycles. The van der Waals surface area contributed by atoms with Crippen LogP contribution in [0.15, 0.2) is 36.6 Å². The summed E-state index contributed by atoms with van der Waals surface area (Å²) in [7, 11) is 0. The Kier molecular flexibility index (Phi) is 2.63. The van der Waals surface area contributed by atoms with Crippen LogP contribution in [-0.2, 0) is 0 Å². The van der Waals surface area contributed by atoms with Crippen molar-refractivity contribution >= 4 is 42.8 Å². The van der Waals surface area contributed by atoms with Crippen LogP contribution in [0.2, 0.25) is 0 Å². The van der Waals surface area contributed by atoms with E-state index in [1.807, 2.05) is 0 Å². The van der Waals surface area contributed by atoms with Gasteiger partial charge in [-0.2, -0.15) is 5.26 Å². The van der Waals surface area contributed by atoms with Crippen molar-refractivity contribution in [3.8, 4) is 6.07 Å². The van der Waals surface area contributed by atoms with E-state index in [1.54, 1.807) is 18.2 Å². The van der Waals surface area contributed by atoms with Gasteiger partial charge in [0.1, 0.15) is 17.9 Å². The van der Waals surface area contributed by atoms with Gasteiger partial charge in [0.25, 0.3) is 0 Å². The quantitative estimate of drug-likeness (QED) is 0.746. The molecule has 74 valence electrons. The van der Waals surface area contributed by atoms with Crippen LogP contribution in [0.3, 0.4) is 0 Å². The number of hydrogen-bond donors (Lipinski definition) is 0. The van der Waals surface area contributed by atoms with E-state index in [4.69, 9.17) is 9.68 Å². The summed E-state index contributed by atoms with van der Waals surface area (Å²) in [5.74, 6) is 0. The van der Waals surface area contributed by atoms with E-state index in [9.17, 15) is 4.79 Å². The molecule has 15 heavy (non-hydrogen) atoms. The highest BCUT2D eigenvalue weighted by Gasteiger charge is 2.09. The maximum absolute atomic E-state index is 11.7.